The number of thiocarbonyl (C=S) groups is 1. The minimum absolute atomic E-state index is 0.229. The van der Waals surface area contributed by atoms with Gasteiger partial charge < -0.3 is 10.6 Å². The van der Waals surface area contributed by atoms with Gasteiger partial charge >= 0.3 is 0 Å². The maximum atomic E-state index is 13.8. The van der Waals surface area contributed by atoms with Crippen LogP contribution in [-0.2, 0) is 10.0 Å². The first kappa shape index (κ1) is 20.8. The lowest BCUT2D eigenvalue weighted by atomic mass is 9.53. The average Bonchev–Trinajstić information content (AvgIpc) is 2.68. The van der Waals surface area contributed by atoms with E-state index in [0.717, 1.165) is 19.3 Å². The lowest BCUT2D eigenvalue weighted by Gasteiger charge is -2.56. The summed E-state index contributed by atoms with van der Waals surface area (Å²) in [5.41, 5.74) is 0.636. The van der Waals surface area contributed by atoms with Crippen molar-refractivity contribution < 1.29 is 12.8 Å². The summed E-state index contributed by atoms with van der Waals surface area (Å²) in [5.74, 6) is 1.61. The van der Waals surface area contributed by atoms with E-state index in [4.69, 9.17) is 12.2 Å². The Labute approximate surface area is 187 Å². The van der Waals surface area contributed by atoms with Crippen LogP contribution >= 0.6 is 12.2 Å². The van der Waals surface area contributed by atoms with Crippen molar-refractivity contribution in [2.24, 2.45) is 17.8 Å². The van der Waals surface area contributed by atoms with E-state index in [1.807, 2.05) is 0 Å². The molecule has 0 atom stereocenters. The van der Waals surface area contributed by atoms with Crippen molar-refractivity contribution in [3.8, 4) is 0 Å². The second-order valence-corrected chi connectivity index (χ2v) is 11.5. The Morgan fingerprint density at radius 3 is 2.06 bits per heavy atom. The highest BCUT2D eigenvalue weighted by Gasteiger charge is 2.52. The quantitative estimate of drug-likeness (QED) is 0.556. The molecule has 8 heteroatoms. The SMILES string of the molecule is O=S(=O)(NC12CC3CC(CC(C3)C1)C2)c1ccc(NC(=S)Nc2ccccc2F)cc1. The second-order valence-electron chi connectivity index (χ2n) is 9.39. The maximum Gasteiger partial charge on any atom is 0.241 e. The standard InChI is InChI=1S/C23H26FN3O2S2/c24-20-3-1-2-4-21(20)26-22(30)25-18-5-7-19(8-6-18)31(28,29)27-23-12-15-9-16(13-23)11-17(10-15)14-23/h1-8,15-17,27H,9-14H2,(H2,25,26,30). The Balaban J connectivity index is 1.25. The van der Waals surface area contributed by atoms with Gasteiger partial charge in [-0.15, -0.1) is 0 Å². The van der Waals surface area contributed by atoms with Gasteiger partial charge in [-0.2, -0.15) is 0 Å². The number of sulfonamides is 1. The lowest BCUT2D eigenvalue weighted by Crippen LogP contribution is -2.59. The molecule has 4 aliphatic rings. The summed E-state index contributed by atoms with van der Waals surface area (Å²) < 4.78 is 43.1. The fourth-order valence-electron chi connectivity index (χ4n) is 6.14. The van der Waals surface area contributed by atoms with Gasteiger partial charge in [0.2, 0.25) is 10.0 Å². The van der Waals surface area contributed by atoms with E-state index in [1.54, 1.807) is 42.5 Å². The van der Waals surface area contributed by atoms with Crippen LogP contribution in [0.4, 0.5) is 15.8 Å². The Hall–Kier alpha value is -2.03. The Morgan fingerprint density at radius 1 is 0.903 bits per heavy atom. The number of hydrogen-bond donors (Lipinski definition) is 3. The summed E-state index contributed by atoms with van der Waals surface area (Å²) >= 11 is 5.24. The summed E-state index contributed by atoms with van der Waals surface area (Å²) in [6, 6.07) is 12.8. The zero-order chi connectivity index (χ0) is 21.6. The Morgan fingerprint density at radius 2 is 1.48 bits per heavy atom. The van der Waals surface area contributed by atoms with Crippen LogP contribution in [-0.4, -0.2) is 19.1 Å². The third-order valence-electron chi connectivity index (χ3n) is 6.93. The third kappa shape index (κ3) is 4.33. The van der Waals surface area contributed by atoms with Crippen LogP contribution in [0.15, 0.2) is 53.4 Å². The van der Waals surface area contributed by atoms with Crippen LogP contribution in [0, 0.1) is 23.6 Å². The number of halogens is 1. The van der Waals surface area contributed by atoms with Gasteiger partial charge in [0.1, 0.15) is 5.82 Å². The van der Waals surface area contributed by atoms with E-state index in [-0.39, 0.29) is 21.2 Å². The Bertz CT molecular complexity index is 1070. The van der Waals surface area contributed by atoms with Crippen molar-refractivity contribution in [2.45, 2.75) is 49.0 Å². The first-order chi connectivity index (χ1) is 14.8. The molecule has 6 rings (SSSR count). The zero-order valence-electron chi connectivity index (χ0n) is 17.1. The minimum atomic E-state index is -3.60. The third-order valence-corrected chi connectivity index (χ3v) is 8.73. The number of rotatable bonds is 5. The lowest BCUT2D eigenvalue weighted by molar-refractivity contribution is -0.00810. The molecule has 0 radical (unpaired) electrons. The van der Waals surface area contributed by atoms with Crippen LogP contribution in [0.1, 0.15) is 38.5 Å². The molecule has 0 amide bonds. The molecule has 5 nitrogen and oxygen atoms in total. The highest BCUT2D eigenvalue weighted by Crippen LogP contribution is 2.55. The molecular weight excluding hydrogens is 433 g/mol. The fourth-order valence-corrected chi connectivity index (χ4v) is 7.80. The number of benzene rings is 2. The predicted octanol–water partition coefficient (Wildman–Crippen LogP) is 4.88. The van der Waals surface area contributed by atoms with Gasteiger partial charge in [0.25, 0.3) is 0 Å². The first-order valence-electron chi connectivity index (χ1n) is 10.8. The Kier molecular flexibility index (Phi) is 5.27. The van der Waals surface area contributed by atoms with Crippen molar-refractivity contribution in [3.05, 3.63) is 54.3 Å². The summed E-state index contributed by atoms with van der Waals surface area (Å²) in [6.45, 7) is 0. The van der Waals surface area contributed by atoms with Gasteiger partial charge in [0, 0.05) is 11.2 Å². The van der Waals surface area contributed by atoms with E-state index in [1.165, 1.54) is 25.3 Å². The average molecular weight is 460 g/mol. The zero-order valence-corrected chi connectivity index (χ0v) is 18.7. The van der Waals surface area contributed by atoms with Crippen LogP contribution in [0.3, 0.4) is 0 Å². The summed E-state index contributed by atoms with van der Waals surface area (Å²) in [4.78, 5) is 0.252. The van der Waals surface area contributed by atoms with Gasteiger partial charge in [-0.05, 0) is 105 Å². The van der Waals surface area contributed by atoms with E-state index in [2.05, 4.69) is 15.4 Å². The summed E-state index contributed by atoms with van der Waals surface area (Å²) in [7, 11) is -3.60. The van der Waals surface area contributed by atoms with Crippen molar-refractivity contribution in [3.63, 3.8) is 0 Å². The van der Waals surface area contributed by atoms with Gasteiger partial charge in [-0.1, -0.05) is 12.1 Å². The highest BCUT2D eigenvalue weighted by atomic mass is 32.2. The largest absolute Gasteiger partial charge is 0.332 e. The summed E-state index contributed by atoms with van der Waals surface area (Å²) in [6.07, 6.45) is 6.70. The first-order valence-corrected chi connectivity index (χ1v) is 12.7. The van der Waals surface area contributed by atoms with E-state index < -0.39 is 15.8 Å². The van der Waals surface area contributed by atoms with Crippen LogP contribution in [0.5, 0.6) is 0 Å². The van der Waals surface area contributed by atoms with Gasteiger partial charge in [-0.25, -0.2) is 17.5 Å². The van der Waals surface area contributed by atoms with Gasteiger partial charge in [0.05, 0.1) is 10.6 Å². The highest BCUT2D eigenvalue weighted by molar-refractivity contribution is 7.89. The number of nitrogens with one attached hydrogen (secondary N) is 3. The molecule has 4 saturated carbocycles. The molecule has 0 saturated heterocycles. The molecule has 4 aliphatic carbocycles. The molecule has 4 bridgehead atoms. The smallest absolute Gasteiger partial charge is 0.241 e. The second kappa shape index (κ2) is 7.83. The normalized spacial score (nSPS) is 29.0. The van der Waals surface area contributed by atoms with Crippen molar-refractivity contribution >= 4 is 38.7 Å². The predicted molar refractivity (Wildman–Crippen MR) is 124 cm³/mol. The van der Waals surface area contributed by atoms with E-state index in [9.17, 15) is 12.8 Å². The van der Waals surface area contributed by atoms with Crippen LogP contribution in [0.2, 0.25) is 0 Å². The molecule has 3 N–H and O–H groups in total. The molecule has 0 unspecified atom stereocenters. The number of para-hydroxylation sites is 1. The van der Waals surface area contributed by atoms with Crippen molar-refractivity contribution in [1.29, 1.82) is 0 Å². The number of anilines is 2. The van der Waals surface area contributed by atoms with E-state index in [0.29, 0.717) is 23.4 Å². The number of hydrogen-bond acceptors (Lipinski definition) is 3. The molecule has 164 valence electrons. The molecule has 0 aliphatic heterocycles. The van der Waals surface area contributed by atoms with Crippen molar-refractivity contribution in [1.82, 2.24) is 4.72 Å². The topological polar surface area (TPSA) is 70.2 Å². The van der Waals surface area contributed by atoms with Crippen LogP contribution < -0.4 is 15.4 Å². The molecular formula is C23H26FN3O2S2. The van der Waals surface area contributed by atoms with Gasteiger partial charge in [-0.3, -0.25) is 0 Å². The maximum absolute atomic E-state index is 13.8. The molecule has 31 heavy (non-hydrogen) atoms. The molecule has 0 heterocycles. The van der Waals surface area contributed by atoms with Crippen LogP contribution in [0.25, 0.3) is 0 Å². The minimum Gasteiger partial charge on any atom is -0.332 e. The molecule has 0 spiro atoms. The van der Waals surface area contributed by atoms with E-state index >= 15 is 0 Å². The molecule has 4 fully saturated rings. The molecule has 2 aromatic rings. The van der Waals surface area contributed by atoms with Crippen molar-refractivity contribution in [2.75, 3.05) is 10.6 Å². The fraction of sp³-hybridized carbons (Fsp3) is 0.435. The molecule has 0 aromatic heterocycles. The van der Waals surface area contributed by atoms with Gasteiger partial charge in [0.15, 0.2) is 5.11 Å². The summed E-state index contributed by atoms with van der Waals surface area (Å²) in [5, 5.41) is 5.99. The monoisotopic (exact) mass is 459 g/mol. The molecule has 2 aromatic carbocycles.